The molecule has 2 aliphatic rings. The van der Waals surface area contributed by atoms with Crippen LogP contribution in [-0.2, 0) is 43.2 Å². The summed E-state index contributed by atoms with van der Waals surface area (Å²) in [5, 5.41) is 0. The van der Waals surface area contributed by atoms with Crippen molar-refractivity contribution in [3.05, 3.63) is 54.1 Å². The molecule has 0 aliphatic heterocycles. The third-order valence-corrected chi connectivity index (χ3v) is 11.7. The number of rotatable bonds is 17. The molecule has 0 bridgehead atoms. The van der Waals surface area contributed by atoms with E-state index in [-0.39, 0.29) is 49.4 Å². The first kappa shape index (κ1) is 36.0. The number of allylic oxidation sites excluding steroid dienone is 3. The van der Waals surface area contributed by atoms with Gasteiger partial charge in [-0.2, -0.15) is 8.42 Å². The van der Waals surface area contributed by atoms with E-state index in [4.69, 9.17) is 38.0 Å². The fourth-order valence-electron chi connectivity index (χ4n) is 5.86. The van der Waals surface area contributed by atoms with Crippen LogP contribution in [0.1, 0.15) is 44.1 Å². The van der Waals surface area contributed by atoms with Gasteiger partial charge < -0.3 is 0 Å². The summed E-state index contributed by atoms with van der Waals surface area (Å²) in [7, 11) is 4.47. The summed E-state index contributed by atoms with van der Waals surface area (Å²) in [6.07, 6.45) is 13.4. The topological polar surface area (TPSA) is 127 Å². The molecular weight excluding hydrogens is 712 g/mol. The maximum atomic E-state index is 11.0. The third-order valence-electron chi connectivity index (χ3n) is 7.85. The fourth-order valence-corrected chi connectivity index (χ4v) is 9.45. The van der Waals surface area contributed by atoms with Crippen LogP contribution in [-0.4, -0.2) is 68.5 Å². The summed E-state index contributed by atoms with van der Waals surface area (Å²) < 4.78 is 75.5. The summed E-state index contributed by atoms with van der Waals surface area (Å²) in [5.41, 5.74) is 1.16. The van der Waals surface area contributed by atoms with Gasteiger partial charge in [-0.05, 0) is 0 Å². The molecule has 0 saturated heterocycles. The van der Waals surface area contributed by atoms with Gasteiger partial charge in [0, 0.05) is 0 Å². The van der Waals surface area contributed by atoms with E-state index in [2.05, 4.69) is 41.0 Å². The van der Waals surface area contributed by atoms with Crippen LogP contribution in [0.15, 0.2) is 48.6 Å². The molecule has 0 spiro atoms. The summed E-state index contributed by atoms with van der Waals surface area (Å²) in [4.78, 5) is 0. The molecule has 0 radical (unpaired) electrons. The first-order valence-electron chi connectivity index (χ1n) is 14.2. The monoisotopic (exact) mass is 754 g/mol. The predicted octanol–water partition coefficient (Wildman–Crippen LogP) is 5.86. The van der Waals surface area contributed by atoms with Crippen molar-refractivity contribution in [3.8, 4) is 0 Å². The summed E-state index contributed by atoms with van der Waals surface area (Å²) in [5.74, 6) is 1.22. The number of hydrogen-bond acceptors (Lipinski definition) is 6. The Labute approximate surface area is 263 Å². The second-order valence-corrected chi connectivity index (χ2v) is 20.2. The zero-order chi connectivity index (χ0) is 30.6. The van der Waals surface area contributed by atoms with Gasteiger partial charge in [0.05, 0.1) is 5.75 Å². The molecule has 2 saturated carbocycles. The zero-order valence-corrected chi connectivity index (χ0v) is 28.4. The minimum atomic E-state index is -3.99. The van der Waals surface area contributed by atoms with E-state index in [1.54, 1.807) is 0 Å². The van der Waals surface area contributed by atoms with Gasteiger partial charge >= 0.3 is 206 Å². The van der Waals surface area contributed by atoms with Crippen LogP contribution in [0, 0.1) is 35.5 Å². The summed E-state index contributed by atoms with van der Waals surface area (Å²) in [6.45, 7) is 1.56. The van der Waals surface area contributed by atoms with Crippen LogP contribution >= 0.6 is 19.4 Å². The predicted molar refractivity (Wildman–Crippen MR) is 165 cm³/mol. The van der Waals surface area contributed by atoms with Crippen LogP contribution in [0.2, 0.25) is 0 Å². The van der Waals surface area contributed by atoms with Crippen molar-refractivity contribution in [2.75, 3.05) is 37.9 Å². The van der Waals surface area contributed by atoms with Crippen molar-refractivity contribution in [3.63, 3.8) is 0 Å². The molecule has 240 valence electrons. The normalized spacial score (nSPS) is 27.3. The Bertz CT molecular complexity index is 1270. The second kappa shape index (κ2) is 17.9. The van der Waals surface area contributed by atoms with Crippen LogP contribution in [0.5, 0.6) is 0 Å². The Morgan fingerprint density at radius 2 is 1.29 bits per heavy atom. The van der Waals surface area contributed by atoms with Gasteiger partial charge in [0.15, 0.2) is 0 Å². The molecule has 6 unspecified atom stereocenters. The van der Waals surface area contributed by atoms with E-state index < -0.39 is 33.8 Å². The number of hydrogen-bond donors (Lipinski definition) is 2. The molecule has 13 heteroatoms. The van der Waals surface area contributed by atoms with Crippen LogP contribution in [0.4, 0.5) is 0 Å². The van der Waals surface area contributed by atoms with Crippen LogP contribution in [0.3, 0.4) is 0 Å². The second-order valence-electron chi connectivity index (χ2n) is 11.2. The molecule has 6 atom stereocenters. The molecule has 8 nitrogen and oxygen atoms in total. The number of halogens is 2. The third kappa shape index (κ3) is 14.5. The molecule has 2 fully saturated rings. The molecule has 1 aromatic carbocycles. The van der Waals surface area contributed by atoms with Crippen LogP contribution < -0.4 is 0 Å². The average molecular weight is 755 g/mol. The van der Waals surface area contributed by atoms with E-state index in [1.807, 2.05) is 18.2 Å². The summed E-state index contributed by atoms with van der Waals surface area (Å²) in [6, 6.07) is 10.2. The maximum absolute atomic E-state index is 11.0. The Kier molecular flexibility index (Phi) is 15.3. The first-order valence-corrected chi connectivity index (χ1v) is 22.9. The SMILES string of the molecule is O=S(=O)(O)CCCOCC1CC(/C=C\C2CC(/C=C\c3ccccc3)CC2COCCCS(=O)(=O)O)CC1[CH]=[Ru]([Cl])[Cl]. The number of benzene rings is 1. The van der Waals surface area contributed by atoms with Gasteiger partial charge in [-0.15, -0.1) is 0 Å². The van der Waals surface area contributed by atoms with Gasteiger partial charge in [-0.1, -0.05) is 30.3 Å². The fraction of sp³-hybridized carbons (Fsp3) is 0.621. The standard InChI is InChI=1S/C29H42O8S2.2ClH.Ru/c1-23-17-25(19-28(23)21-36-13-5-15-38(30,31)32)11-12-27-18-26(10-9-24-7-3-2-4-8-24)20-29(27)22-37-14-6-16-39(33,34)35;;;/h1-4,7-12,23,25-29H,5-6,13-22H2,(H,30,31,32)(H,33,34,35);2*1H;/q;;;+2/p-2/b10-9-,12-11-;;;. The first-order chi connectivity index (χ1) is 19.9. The van der Waals surface area contributed by atoms with E-state index in [9.17, 15) is 16.8 Å². The summed E-state index contributed by atoms with van der Waals surface area (Å²) >= 11 is -1.98. The van der Waals surface area contributed by atoms with E-state index in [0.717, 1.165) is 31.2 Å². The van der Waals surface area contributed by atoms with Gasteiger partial charge in [-0.3, -0.25) is 4.55 Å². The minimum absolute atomic E-state index is 0.238. The van der Waals surface area contributed by atoms with Gasteiger partial charge in [0.1, 0.15) is 0 Å². The van der Waals surface area contributed by atoms with E-state index >= 15 is 0 Å². The van der Waals surface area contributed by atoms with E-state index in [1.165, 1.54) is 0 Å². The van der Waals surface area contributed by atoms with Crippen molar-refractivity contribution in [2.45, 2.75) is 38.5 Å². The van der Waals surface area contributed by atoms with E-state index in [0.29, 0.717) is 36.9 Å². The van der Waals surface area contributed by atoms with Crippen molar-refractivity contribution in [1.29, 1.82) is 0 Å². The van der Waals surface area contributed by atoms with Crippen molar-refractivity contribution in [1.82, 2.24) is 0 Å². The Morgan fingerprint density at radius 1 is 0.762 bits per heavy atom. The van der Waals surface area contributed by atoms with Gasteiger partial charge in [0.25, 0.3) is 10.1 Å². The van der Waals surface area contributed by atoms with Crippen molar-refractivity contribution in [2.24, 2.45) is 35.5 Å². The Balaban J connectivity index is 1.59. The molecule has 42 heavy (non-hydrogen) atoms. The number of ether oxygens (including phenoxy) is 2. The van der Waals surface area contributed by atoms with Gasteiger partial charge in [-0.25, -0.2) is 0 Å². The molecular formula is C29H42Cl2O8RuS2. The van der Waals surface area contributed by atoms with Crippen molar-refractivity contribution >= 4 is 50.3 Å². The molecule has 3 rings (SSSR count). The molecule has 2 N–H and O–H groups in total. The molecule has 0 amide bonds. The van der Waals surface area contributed by atoms with Crippen LogP contribution in [0.25, 0.3) is 6.08 Å². The molecule has 1 aromatic rings. The quantitative estimate of drug-likeness (QED) is 0.0878. The zero-order valence-electron chi connectivity index (χ0n) is 23.5. The molecule has 0 heterocycles. The Hall–Kier alpha value is -0.487. The molecule has 0 aromatic heterocycles. The van der Waals surface area contributed by atoms with Gasteiger partial charge in [0.2, 0.25) is 0 Å². The molecule has 2 aliphatic carbocycles. The average Bonchev–Trinajstić information content (AvgIpc) is 3.47. The van der Waals surface area contributed by atoms with Crippen molar-refractivity contribution < 1.29 is 48.9 Å². The Morgan fingerprint density at radius 3 is 1.83 bits per heavy atom.